The maximum Gasteiger partial charge on any atom is 0.255 e. The number of hydrogen-bond donors (Lipinski definition) is 1. The number of likely N-dealkylation sites (N-methyl/N-ethyl adjacent to an activating group) is 1. The molecule has 2 aromatic rings. The summed E-state index contributed by atoms with van der Waals surface area (Å²) in [5, 5.41) is 2.94. The van der Waals surface area contributed by atoms with Crippen LogP contribution in [0.1, 0.15) is 33.9 Å². The molecular weight excluding hydrogens is 404 g/mol. The molecule has 1 atom stereocenters. The number of amides is 1. The van der Waals surface area contributed by atoms with E-state index in [1.165, 1.54) is 5.56 Å². The molecular formula is C19H20BrClN2O2. The van der Waals surface area contributed by atoms with Crippen molar-refractivity contribution >= 4 is 39.1 Å². The molecule has 2 aromatic carbocycles. The lowest BCUT2D eigenvalue weighted by molar-refractivity contribution is 0.102. The molecule has 0 aromatic heterocycles. The molecule has 0 fully saturated rings. The highest BCUT2D eigenvalue weighted by Crippen LogP contribution is 2.33. The molecule has 1 aliphatic heterocycles. The zero-order valence-electron chi connectivity index (χ0n) is 14.2. The van der Waals surface area contributed by atoms with E-state index >= 15 is 0 Å². The van der Waals surface area contributed by atoms with Gasteiger partial charge in [-0.1, -0.05) is 6.07 Å². The number of alkyl halides is 1. The average Bonchev–Trinajstić information content (AvgIpc) is 2.60. The van der Waals surface area contributed by atoms with Crippen LogP contribution in [0.25, 0.3) is 0 Å². The second-order valence-corrected chi connectivity index (χ2v) is 7.28. The van der Waals surface area contributed by atoms with Gasteiger partial charge in [0.1, 0.15) is 11.3 Å². The number of hydrogen-bond acceptors (Lipinski definition) is 3. The highest BCUT2D eigenvalue weighted by Gasteiger charge is 2.23. The minimum Gasteiger partial charge on any atom is -0.493 e. The summed E-state index contributed by atoms with van der Waals surface area (Å²) in [5.41, 5.74) is 3.43. The lowest BCUT2D eigenvalue weighted by Crippen LogP contribution is -2.29. The Hall–Kier alpha value is -1.56. The van der Waals surface area contributed by atoms with Gasteiger partial charge >= 0.3 is 0 Å². The van der Waals surface area contributed by atoms with Crippen LogP contribution < -0.4 is 10.1 Å². The largest absolute Gasteiger partial charge is 0.493 e. The van der Waals surface area contributed by atoms with E-state index in [9.17, 15) is 4.79 Å². The van der Waals surface area contributed by atoms with Gasteiger partial charge in [0.05, 0.1) is 11.1 Å². The molecule has 3 rings (SSSR count). The van der Waals surface area contributed by atoms with Gasteiger partial charge in [-0.05, 0) is 77.8 Å². The van der Waals surface area contributed by atoms with E-state index in [4.69, 9.17) is 16.3 Å². The molecule has 0 bridgehead atoms. The molecule has 1 unspecified atom stereocenters. The molecule has 0 saturated heterocycles. The van der Waals surface area contributed by atoms with Crippen LogP contribution >= 0.6 is 27.5 Å². The zero-order chi connectivity index (χ0) is 18.0. The molecule has 1 N–H and O–H groups in total. The fourth-order valence-corrected chi connectivity index (χ4v) is 3.68. The number of benzene rings is 2. The van der Waals surface area contributed by atoms with Gasteiger partial charge in [-0.25, -0.2) is 0 Å². The summed E-state index contributed by atoms with van der Waals surface area (Å²) in [4.78, 5) is 14.6. The smallest absolute Gasteiger partial charge is 0.255 e. The van der Waals surface area contributed by atoms with E-state index in [1.54, 1.807) is 18.2 Å². The molecule has 0 saturated carbocycles. The van der Waals surface area contributed by atoms with Crippen LogP contribution in [0.5, 0.6) is 5.75 Å². The second kappa shape index (κ2) is 7.77. The summed E-state index contributed by atoms with van der Waals surface area (Å²) in [6.45, 7) is 3.44. The predicted octanol–water partition coefficient (Wildman–Crippen LogP) is 4.83. The summed E-state index contributed by atoms with van der Waals surface area (Å²) < 4.78 is 6.23. The molecule has 6 heteroatoms. The van der Waals surface area contributed by atoms with Gasteiger partial charge in [-0.3, -0.25) is 9.69 Å². The summed E-state index contributed by atoms with van der Waals surface area (Å²) in [5.74, 6) is 0.555. The number of nitrogens with one attached hydrogen (secondary N) is 1. The lowest BCUT2D eigenvalue weighted by Gasteiger charge is -2.30. The molecule has 0 radical (unpaired) electrons. The third-order valence-electron chi connectivity index (χ3n) is 4.28. The minimum absolute atomic E-state index is 0.166. The van der Waals surface area contributed by atoms with Gasteiger partial charge < -0.3 is 10.1 Å². The number of carbonyl (C=O) groups is 1. The van der Waals surface area contributed by atoms with Crippen molar-refractivity contribution in [2.24, 2.45) is 0 Å². The van der Waals surface area contributed by atoms with Crippen LogP contribution in [0.2, 0.25) is 0 Å². The predicted molar refractivity (Wildman–Crippen MR) is 105 cm³/mol. The van der Waals surface area contributed by atoms with Gasteiger partial charge in [0.2, 0.25) is 0 Å². The Balaban J connectivity index is 1.78. The van der Waals surface area contributed by atoms with E-state index in [1.807, 2.05) is 32.2 Å². The molecule has 1 amide bonds. The fraction of sp³-hybridized carbons (Fsp3) is 0.316. The summed E-state index contributed by atoms with van der Waals surface area (Å²) >= 11 is 9.92. The van der Waals surface area contributed by atoms with Crippen LogP contribution in [0.4, 0.5) is 5.69 Å². The van der Waals surface area contributed by atoms with Crippen molar-refractivity contribution in [2.75, 3.05) is 25.5 Å². The Labute approximate surface area is 161 Å². The zero-order valence-corrected chi connectivity index (χ0v) is 16.5. The number of anilines is 1. The van der Waals surface area contributed by atoms with Crippen LogP contribution in [0, 0.1) is 0 Å². The Morgan fingerprint density at radius 2 is 2.16 bits per heavy atom. The third kappa shape index (κ3) is 4.00. The second-order valence-electron chi connectivity index (χ2n) is 6.01. The van der Waals surface area contributed by atoms with Crippen molar-refractivity contribution in [3.63, 3.8) is 0 Å². The van der Waals surface area contributed by atoms with Crippen LogP contribution in [0.3, 0.4) is 0 Å². The first-order valence-corrected chi connectivity index (χ1v) is 9.43. The van der Waals surface area contributed by atoms with Gasteiger partial charge in [0.15, 0.2) is 0 Å². The topological polar surface area (TPSA) is 41.6 Å². The molecule has 25 heavy (non-hydrogen) atoms. The van der Waals surface area contributed by atoms with Gasteiger partial charge in [-0.2, -0.15) is 0 Å². The fourth-order valence-electron chi connectivity index (χ4n) is 2.89. The molecule has 4 nitrogen and oxygen atoms in total. The van der Waals surface area contributed by atoms with Crippen LogP contribution in [-0.4, -0.2) is 31.0 Å². The summed E-state index contributed by atoms with van der Waals surface area (Å²) in [7, 11) is 2.00. The Bertz CT molecular complexity index is 797. The monoisotopic (exact) mass is 422 g/mol. The molecule has 1 heterocycles. The van der Waals surface area contributed by atoms with E-state index in [0.717, 1.165) is 34.4 Å². The number of halogens is 2. The van der Waals surface area contributed by atoms with Gasteiger partial charge in [-0.15, -0.1) is 11.6 Å². The Kier molecular flexibility index (Phi) is 5.67. The number of rotatable bonds is 4. The number of fused-ring (bicyclic) bond motifs is 1. The van der Waals surface area contributed by atoms with Crippen molar-refractivity contribution in [3.05, 3.63) is 57.6 Å². The lowest BCUT2D eigenvalue weighted by atomic mass is 9.99. The summed E-state index contributed by atoms with van der Waals surface area (Å²) in [6, 6.07) is 11.2. The van der Waals surface area contributed by atoms with Crippen LogP contribution in [-0.2, 0) is 6.42 Å². The van der Waals surface area contributed by atoms with E-state index in [2.05, 4.69) is 26.1 Å². The quantitative estimate of drug-likeness (QED) is 0.566. The van der Waals surface area contributed by atoms with Crippen molar-refractivity contribution in [1.29, 1.82) is 0 Å². The number of nitrogens with zero attached hydrogens (tertiary/aromatic N) is 1. The van der Waals surface area contributed by atoms with E-state index < -0.39 is 0 Å². The van der Waals surface area contributed by atoms with Crippen molar-refractivity contribution < 1.29 is 9.53 Å². The standard InChI is InChI=1S/C19H20BrClN2O2/c1-3-25-17-7-5-13(10-16(17)20)19(24)22-14-6-4-12-8-9-23(2)18(21)15(12)11-14/h4-7,10-11,18H,3,8-9H2,1-2H3,(H,22,24). The molecule has 0 aliphatic carbocycles. The molecule has 0 spiro atoms. The molecule has 1 aliphatic rings. The normalized spacial score (nSPS) is 17.0. The first-order valence-electron chi connectivity index (χ1n) is 8.20. The van der Waals surface area contributed by atoms with Crippen molar-refractivity contribution in [1.82, 2.24) is 4.90 Å². The first kappa shape index (κ1) is 18.2. The first-order chi connectivity index (χ1) is 12.0. The minimum atomic E-state index is -0.168. The highest BCUT2D eigenvalue weighted by molar-refractivity contribution is 9.10. The van der Waals surface area contributed by atoms with Crippen molar-refractivity contribution in [2.45, 2.75) is 18.8 Å². The van der Waals surface area contributed by atoms with Crippen molar-refractivity contribution in [3.8, 4) is 5.75 Å². The van der Waals surface area contributed by atoms with Crippen LogP contribution in [0.15, 0.2) is 40.9 Å². The average molecular weight is 424 g/mol. The third-order valence-corrected chi connectivity index (χ3v) is 5.46. The molecule has 132 valence electrons. The Morgan fingerprint density at radius 1 is 1.36 bits per heavy atom. The number of carbonyl (C=O) groups excluding carboxylic acids is 1. The maximum atomic E-state index is 12.5. The van der Waals surface area contributed by atoms with E-state index in [-0.39, 0.29) is 11.4 Å². The SMILES string of the molecule is CCOc1ccc(C(=O)Nc2ccc3c(c2)C(Cl)N(C)CC3)cc1Br. The summed E-state index contributed by atoms with van der Waals surface area (Å²) in [6.07, 6.45) is 0.967. The number of ether oxygens (including phenoxy) is 1. The maximum absolute atomic E-state index is 12.5. The highest BCUT2D eigenvalue weighted by atomic mass is 79.9. The van der Waals surface area contributed by atoms with E-state index in [0.29, 0.717) is 12.2 Å². The van der Waals surface area contributed by atoms with Gasteiger partial charge in [0, 0.05) is 17.8 Å². The Morgan fingerprint density at radius 3 is 2.88 bits per heavy atom. The van der Waals surface area contributed by atoms with Gasteiger partial charge in [0.25, 0.3) is 5.91 Å².